The van der Waals surface area contributed by atoms with Gasteiger partial charge in [-0.15, -0.1) is 17.7 Å². The van der Waals surface area contributed by atoms with Gasteiger partial charge in [-0.25, -0.2) is 6.57 Å². The predicted molar refractivity (Wildman–Crippen MR) is 88.7 cm³/mol. The van der Waals surface area contributed by atoms with Gasteiger partial charge in [-0.1, -0.05) is 33.1 Å². The number of unbranched alkanes of at least 4 members (excludes halogenated alkanes) is 4. The minimum absolute atomic E-state index is 0. The number of rotatable bonds is 8. The summed E-state index contributed by atoms with van der Waals surface area (Å²) in [5, 5.41) is 0. The van der Waals surface area contributed by atoms with E-state index in [1.165, 1.54) is 25.7 Å². The molecule has 1 aromatic rings. The molecule has 0 aromatic heterocycles. The van der Waals surface area contributed by atoms with Gasteiger partial charge in [0.15, 0.2) is 0 Å². The second-order valence-electron chi connectivity index (χ2n) is 4.79. The molecule has 2 nitrogen and oxygen atoms in total. The first-order valence-corrected chi connectivity index (χ1v) is 7.77. The van der Waals surface area contributed by atoms with Crippen molar-refractivity contribution in [3.63, 3.8) is 0 Å². The van der Waals surface area contributed by atoms with Crippen LogP contribution in [0.3, 0.4) is 0 Å². The summed E-state index contributed by atoms with van der Waals surface area (Å²) in [6.07, 6.45) is 14.0. The largest absolute Gasteiger partial charge is 0.494 e. The van der Waals surface area contributed by atoms with Gasteiger partial charge >= 0.3 is 0 Å². The minimum Gasteiger partial charge on any atom is -0.494 e. The van der Waals surface area contributed by atoms with Gasteiger partial charge < -0.3 is 16.0 Å². The molecule has 0 amide bonds. The molecular formula is C19H26AuNO-. The molecule has 0 aliphatic heterocycles. The van der Waals surface area contributed by atoms with Gasteiger partial charge in [-0.3, -0.25) is 5.92 Å². The molecule has 1 aromatic carbocycles. The average Bonchev–Trinajstić information content (AvgIpc) is 2.53. The first-order valence-electron chi connectivity index (χ1n) is 7.77. The summed E-state index contributed by atoms with van der Waals surface area (Å²) in [5.41, 5.74) is 0.783. The van der Waals surface area contributed by atoms with Crippen LogP contribution in [0.1, 0.15) is 57.9 Å². The number of hydrogen-bond acceptors (Lipinski definition) is 1. The Hall–Kier alpha value is -1.19. The Morgan fingerprint density at radius 2 is 1.59 bits per heavy atom. The molecule has 0 heterocycles. The van der Waals surface area contributed by atoms with Crippen molar-refractivity contribution in [1.29, 1.82) is 0 Å². The van der Waals surface area contributed by atoms with Crippen LogP contribution in [-0.4, -0.2) is 13.2 Å². The molecule has 1 rings (SSSR count). The Morgan fingerprint density at radius 3 is 2.09 bits per heavy atom. The maximum absolute atomic E-state index is 6.92. The van der Waals surface area contributed by atoms with Crippen molar-refractivity contribution >= 4 is 0 Å². The van der Waals surface area contributed by atoms with Crippen molar-refractivity contribution in [2.24, 2.45) is 0 Å². The molecule has 0 bridgehead atoms. The summed E-state index contributed by atoms with van der Waals surface area (Å²) in [7, 11) is 0. The molecule has 0 aliphatic rings. The summed E-state index contributed by atoms with van der Waals surface area (Å²) >= 11 is 0. The van der Waals surface area contributed by atoms with E-state index < -0.39 is 0 Å². The zero-order valence-electron chi connectivity index (χ0n) is 13.6. The Labute approximate surface area is 152 Å². The molecule has 0 unspecified atom stereocenters. The third kappa shape index (κ3) is 13.8. The van der Waals surface area contributed by atoms with Gasteiger partial charge in [0.1, 0.15) is 5.75 Å². The maximum Gasteiger partial charge on any atom is 0.214 e. The summed E-state index contributed by atoms with van der Waals surface area (Å²) in [5.74, 6) is 3.20. The number of nitrogens with zero attached hydrogens (tertiary/aromatic N) is 1. The second-order valence-corrected chi connectivity index (χ2v) is 4.79. The molecular weight excluding hydrogens is 455 g/mol. The maximum atomic E-state index is 6.92. The van der Waals surface area contributed by atoms with Crippen molar-refractivity contribution in [2.45, 2.75) is 52.4 Å². The molecule has 22 heavy (non-hydrogen) atoms. The molecule has 0 spiro atoms. The fraction of sp³-hybridized carbons (Fsp3) is 0.526. The van der Waals surface area contributed by atoms with Gasteiger partial charge in [-0.2, -0.15) is 0 Å². The topological polar surface area (TPSA) is 13.6 Å². The van der Waals surface area contributed by atoms with Crippen LogP contribution in [0.15, 0.2) is 24.3 Å². The second kappa shape index (κ2) is 17.9. The Morgan fingerprint density at radius 1 is 1.00 bits per heavy atom. The fourth-order valence-electron chi connectivity index (χ4n) is 1.62. The van der Waals surface area contributed by atoms with E-state index in [1.54, 1.807) is 0 Å². The Kier molecular flexibility index (Phi) is 18.7. The van der Waals surface area contributed by atoms with Crippen molar-refractivity contribution in [2.75, 3.05) is 13.2 Å². The van der Waals surface area contributed by atoms with E-state index >= 15 is 0 Å². The predicted octanol–water partition coefficient (Wildman–Crippen LogP) is 5.29. The van der Waals surface area contributed by atoms with Crippen LogP contribution in [0.4, 0.5) is 0 Å². The zero-order chi connectivity index (χ0) is 15.8. The third-order valence-electron chi connectivity index (χ3n) is 2.89. The van der Waals surface area contributed by atoms with E-state index in [-0.39, 0.29) is 22.4 Å². The summed E-state index contributed by atoms with van der Waals surface area (Å²) in [4.78, 5) is 3.22. The average molecular weight is 481 g/mol. The number of ether oxygens (including phenoxy) is 1. The van der Waals surface area contributed by atoms with E-state index in [0.717, 1.165) is 30.8 Å². The Balaban J connectivity index is 0. The fourth-order valence-corrected chi connectivity index (χ4v) is 1.62. The minimum atomic E-state index is 0. The van der Waals surface area contributed by atoms with Crippen LogP contribution in [-0.2, 0) is 22.4 Å². The van der Waals surface area contributed by atoms with Crippen LogP contribution in [0.2, 0.25) is 0 Å². The van der Waals surface area contributed by atoms with Crippen molar-refractivity contribution in [1.82, 2.24) is 0 Å². The van der Waals surface area contributed by atoms with E-state index in [4.69, 9.17) is 17.7 Å². The van der Waals surface area contributed by atoms with E-state index in [9.17, 15) is 0 Å². The molecule has 0 atom stereocenters. The monoisotopic (exact) mass is 481 g/mol. The molecule has 0 saturated carbocycles. The van der Waals surface area contributed by atoms with Gasteiger partial charge in [-0.05, 0) is 25.0 Å². The van der Waals surface area contributed by atoms with Crippen LogP contribution in [0.25, 0.3) is 4.85 Å². The van der Waals surface area contributed by atoms with Crippen molar-refractivity contribution in [3.05, 3.63) is 47.7 Å². The number of hydrogen-bond donors (Lipinski definition) is 0. The van der Waals surface area contributed by atoms with Crippen LogP contribution in [0, 0.1) is 18.9 Å². The first-order chi connectivity index (χ1) is 10.3. The summed E-state index contributed by atoms with van der Waals surface area (Å²) < 4.78 is 5.52. The van der Waals surface area contributed by atoms with Crippen molar-refractivity contribution < 1.29 is 27.1 Å². The smallest absolute Gasteiger partial charge is 0.214 e. The SMILES string of the molecule is [Au].[C-]#Cc1ccc(OCCCCC)cc1.[C-]#[N+]CCCCC. The molecule has 0 fully saturated rings. The van der Waals surface area contributed by atoms with Gasteiger partial charge in [0.2, 0.25) is 6.54 Å². The molecule has 0 saturated heterocycles. The Bertz CT molecular complexity index is 428. The normalized spacial score (nSPS) is 8.55. The van der Waals surface area contributed by atoms with Crippen LogP contribution in [0.5, 0.6) is 5.75 Å². The van der Waals surface area contributed by atoms with Crippen LogP contribution < -0.4 is 4.74 Å². The molecule has 3 heteroatoms. The van der Waals surface area contributed by atoms with Gasteiger partial charge in [0.25, 0.3) is 0 Å². The van der Waals surface area contributed by atoms with E-state index in [2.05, 4.69) is 24.6 Å². The van der Waals surface area contributed by atoms with Crippen molar-refractivity contribution in [3.8, 4) is 11.7 Å². The molecule has 125 valence electrons. The standard InChI is InChI=1S/C13H15O.C6H11N.Au/c1-3-5-6-11-14-13-9-7-12(4-2)8-10-13;1-3-4-5-6-7-2;/h7-10H,3,5-6,11H2,1H3;3-6H2,1H3;/q-1;;. The van der Waals surface area contributed by atoms with Crippen LogP contribution >= 0.6 is 0 Å². The third-order valence-corrected chi connectivity index (χ3v) is 2.89. The molecule has 0 N–H and O–H groups in total. The molecule has 1 radical (unpaired) electrons. The first kappa shape index (κ1) is 23.1. The van der Waals surface area contributed by atoms with E-state index in [1.807, 2.05) is 24.3 Å². The molecule has 0 aliphatic carbocycles. The van der Waals surface area contributed by atoms with Gasteiger partial charge in [0, 0.05) is 28.8 Å². The summed E-state index contributed by atoms with van der Waals surface area (Å²) in [6, 6.07) is 7.43. The number of benzene rings is 1. The quantitative estimate of drug-likeness (QED) is 0.213. The van der Waals surface area contributed by atoms with Gasteiger partial charge in [0.05, 0.1) is 6.61 Å². The van der Waals surface area contributed by atoms with E-state index in [0.29, 0.717) is 6.54 Å². The summed E-state index contributed by atoms with van der Waals surface area (Å²) in [6.45, 7) is 12.2. The zero-order valence-corrected chi connectivity index (χ0v) is 15.8.